The standard InChI is InChI=1S/C13H11ClN2OS/c1-8-6-9(14)2-3-11(8)17-12-7-16-5-4-10(12)13(15)18/h2-7H,1H3,(H2,15,18). The van der Waals surface area contributed by atoms with Crippen molar-refractivity contribution in [1.82, 2.24) is 4.98 Å². The predicted molar refractivity (Wildman–Crippen MR) is 76.4 cm³/mol. The average molecular weight is 279 g/mol. The van der Waals surface area contributed by atoms with Gasteiger partial charge in [0.15, 0.2) is 5.75 Å². The summed E-state index contributed by atoms with van der Waals surface area (Å²) in [6.07, 6.45) is 3.21. The normalized spacial score (nSPS) is 10.1. The van der Waals surface area contributed by atoms with Gasteiger partial charge in [0.25, 0.3) is 0 Å². The number of ether oxygens (including phenoxy) is 1. The third-order valence-corrected chi connectivity index (χ3v) is 2.86. The summed E-state index contributed by atoms with van der Waals surface area (Å²) in [6.45, 7) is 1.91. The van der Waals surface area contributed by atoms with Gasteiger partial charge in [0, 0.05) is 11.2 Å². The minimum atomic E-state index is 0.277. The van der Waals surface area contributed by atoms with E-state index in [1.54, 1.807) is 30.6 Å². The van der Waals surface area contributed by atoms with Crippen molar-refractivity contribution in [2.75, 3.05) is 0 Å². The number of hydrogen-bond donors (Lipinski definition) is 1. The SMILES string of the molecule is Cc1cc(Cl)ccc1Oc1cnccc1C(N)=S. The summed E-state index contributed by atoms with van der Waals surface area (Å²) < 4.78 is 5.77. The summed E-state index contributed by atoms with van der Waals surface area (Å²) in [4.78, 5) is 4.28. The Labute approximate surface area is 116 Å². The molecule has 0 aliphatic rings. The molecule has 0 spiro atoms. The van der Waals surface area contributed by atoms with E-state index in [-0.39, 0.29) is 4.99 Å². The largest absolute Gasteiger partial charge is 0.455 e. The molecule has 18 heavy (non-hydrogen) atoms. The van der Waals surface area contributed by atoms with Gasteiger partial charge in [-0.25, -0.2) is 0 Å². The average Bonchev–Trinajstić information content (AvgIpc) is 2.33. The first-order valence-corrected chi connectivity index (χ1v) is 6.04. The zero-order valence-electron chi connectivity index (χ0n) is 9.68. The van der Waals surface area contributed by atoms with E-state index in [4.69, 9.17) is 34.3 Å². The Bertz CT molecular complexity index is 601. The molecule has 0 aliphatic heterocycles. The van der Waals surface area contributed by atoms with Crippen LogP contribution in [0, 0.1) is 6.92 Å². The molecule has 0 saturated carbocycles. The van der Waals surface area contributed by atoms with Gasteiger partial charge in [0.2, 0.25) is 0 Å². The molecule has 0 aliphatic carbocycles. The summed E-state index contributed by atoms with van der Waals surface area (Å²) in [5, 5.41) is 0.667. The van der Waals surface area contributed by atoms with Crippen LogP contribution in [0.1, 0.15) is 11.1 Å². The number of nitrogens with zero attached hydrogens (tertiary/aromatic N) is 1. The van der Waals surface area contributed by atoms with Crippen molar-refractivity contribution >= 4 is 28.8 Å². The lowest BCUT2D eigenvalue weighted by Crippen LogP contribution is -2.11. The second-order valence-corrected chi connectivity index (χ2v) is 4.62. The Balaban J connectivity index is 2.37. The van der Waals surface area contributed by atoms with Gasteiger partial charge in [-0.1, -0.05) is 23.8 Å². The van der Waals surface area contributed by atoms with Crippen LogP contribution in [0.2, 0.25) is 5.02 Å². The Morgan fingerprint density at radius 3 is 2.78 bits per heavy atom. The van der Waals surface area contributed by atoms with Gasteiger partial charge in [0.05, 0.1) is 11.8 Å². The molecule has 0 amide bonds. The lowest BCUT2D eigenvalue weighted by atomic mass is 10.2. The van der Waals surface area contributed by atoms with Gasteiger partial charge >= 0.3 is 0 Å². The van der Waals surface area contributed by atoms with Crippen LogP contribution in [0.15, 0.2) is 36.7 Å². The number of aromatic nitrogens is 1. The first-order valence-electron chi connectivity index (χ1n) is 5.26. The number of rotatable bonds is 3. The molecule has 2 aromatic rings. The highest BCUT2D eigenvalue weighted by molar-refractivity contribution is 7.80. The van der Waals surface area contributed by atoms with Crippen molar-refractivity contribution in [2.24, 2.45) is 5.73 Å². The number of thiocarbonyl (C=S) groups is 1. The number of nitrogens with two attached hydrogens (primary N) is 1. The second kappa shape index (κ2) is 5.33. The van der Waals surface area contributed by atoms with Gasteiger partial charge in [-0.15, -0.1) is 0 Å². The molecule has 2 N–H and O–H groups in total. The second-order valence-electron chi connectivity index (χ2n) is 3.75. The Hall–Kier alpha value is -1.65. The van der Waals surface area contributed by atoms with Gasteiger partial charge in [-0.2, -0.15) is 0 Å². The third-order valence-electron chi connectivity index (χ3n) is 2.41. The van der Waals surface area contributed by atoms with Gasteiger partial charge < -0.3 is 10.5 Å². The van der Waals surface area contributed by atoms with Crippen molar-refractivity contribution in [3.8, 4) is 11.5 Å². The van der Waals surface area contributed by atoms with E-state index in [9.17, 15) is 0 Å². The van der Waals surface area contributed by atoms with Crippen molar-refractivity contribution in [2.45, 2.75) is 6.92 Å². The number of benzene rings is 1. The lowest BCUT2D eigenvalue weighted by Gasteiger charge is -2.11. The van der Waals surface area contributed by atoms with Gasteiger partial charge in [-0.05, 0) is 36.8 Å². The summed E-state index contributed by atoms with van der Waals surface area (Å²) >= 11 is 10.9. The number of pyridine rings is 1. The summed E-state index contributed by atoms with van der Waals surface area (Å²) in [7, 11) is 0. The summed E-state index contributed by atoms with van der Waals surface area (Å²) in [6, 6.07) is 7.12. The summed E-state index contributed by atoms with van der Waals surface area (Å²) in [5.41, 5.74) is 7.23. The molecule has 1 heterocycles. The maximum atomic E-state index is 5.89. The lowest BCUT2D eigenvalue weighted by molar-refractivity contribution is 0.475. The molecule has 1 aromatic carbocycles. The van der Waals surface area contributed by atoms with Crippen LogP contribution in [0.5, 0.6) is 11.5 Å². The molecule has 0 atom stereocenters. The van der Waals surface area contributed by atoms with Crippen molar-refractivity contribution in [3.05, 3.63) is 52.8 Å². The number of hydrogen-bond acceptors (Lipinski definition) is 3. The molecule has 0 fully saturated rings. The third kappa shape index (κ3) is 2.78. The van der Waals surface area contributed by atoms with Crippen LogP contribution in [-0.2, 0) is 0 Å². The monoisotopic (exact) mass is 278 g/mol. The van der Waals surface area contributed by atoms with E-state index in [1.165, 1.54) is 0 Å². The van der Waals surface area contributed by atoms with Crippen molar-refractivity contribution in [1.29, 1.82) is 0 Å². The van der Waals surface area contributed by atoms with E-state index in [0.29, 0.717) is 22.1 Å². The number of aryl methyl sites for hydroxylation is 1. The molecule has 2 rings (SSSR count). The molecular weight excluding hydrogens is 268 g/mol. The van der Waals surface area contributed by atoms with E-state index in [1.807, 2.05) is 13.0 Å². The highest BCUT2D eigenvalue weighted by Crippen LogP contribution is 2.28. The maximum absolute atomic E-state index is 5.89. The topological polar surface area (TPSA) is 48.1 Å². The first kappa shape index (κ1) is 12.8. The maximum Gasteiger partial charge on any atom is 0.155 e. The molecule has 0 unspecified atom stereocenters. The highest BCUT2D eigenvalue weighted by Gasteiger charge is 2.09. The van der Waals surface area contributed by atoms with E-state index < -0.39 is 0 Å². The fraction of sp³-hybridized carbons (Fsp3) is 0.0769. The molecule has 0 radical (unpaired) electrons. The van der Waals surface area contributed by atoms with Crippen LogP contribution < -0.4 is 10.5 Å². The van der Waals surface area contributed by atoms with Crippen LogP contribution in [0.4, 0.5) is 0 Å². The van der Waals surface area contributed by atoms with Crippen LogP contribution in [0.25, 0.3) is 0 Å². The van der Waals surface area contributed by atoms with Crippen LogP contribution >= 0.6 is 23.8 Å². The predicted octanol–water partition coefficient (Wildman–Crippen LogP) is 3.47. The molecule has 1 aromatic heterocycles. The quantitative estimate of drug-likeness (QED) is 0.874. The first-order chi connectivity index (χ1) is 8.58. The summed E-state index contributed by atoms with van der Waals surface area (Å²) in [5.74, 6) is 1.24. The minimum Gasteiger partial charge on any atom is -0.455 e. The van der Waals surface area contributed by atoms with Gasteiger partial charge in [-0.3, -0.25) is 4.98 Å². The molecular formula is C13H11ClN2OS. The zero-order valence-corrected chi connectivity index (χ0v) is 11.3. The fourth-order valence-electron chi connectivity index (χ4n) is 1.51. The molecule has 0 bridgehead atoms. The van der Waals surface area contributed by atoms with E-state index >= 15 is 0 Å². The highest BCUT2D eigenvalue weighted by atomic mass is 35.5. The van der Waals surface area contributed by atoms with Crippen molar-refractivity contribution in [3.63, 3.8) is 0 Å². The molecule has 92 valence electrons. The molecule has 0 saturated heterocycles. The Morgan fingerprint density at radius 2 is 2.11 bits per heavy atom. The fourth-order valence-corrected chi connectivity index (χ4v) is 1.91. The minimum absolute atomic E-state index is 0.277. The van der Waals surface area contributed by atoms with Crippen LogP contribution in [-0.4, -0.2) is 9.97 Å². The molecule has 5 heteroatoms. The van der Waals surface area contributed by atoms with Crippen LogP contribution in [0.3, 0.4) is 0 Å². The van der Waals surface area contributed by atoms with Crippen molar-refractivity contribution < 1.29 is 4.74 Å². The van der Waals surface area contributed by atoms with E-state index in [2.05, 4.69) is 4.98 Å². The molecule has 3 nitrogen and oxygen atoms in total. The van der Waals surface area contributed by atoms with E-state index in [0.717, 1.165) is 5.56 Å². The number of halogens is 1. The Kier molecular flexibility index (Phi) is 3.79. The zero-order chi connectivity index (χ0) is 13.1. The Morgan fingerprint density at radius 1 is 1.33 bits per heavy atom. The smallest absolute Gasteiger partial charge is 0.155 e. The van der Waals surface area contributed by atoms with Gasteiger partial charge in [0.1, 0.15) is 10.7 Å².